The number of hydrogen-bond donors (Lipinski definition) is 1. The molecule has 2 atom stereocenters. The lowest BCUT2D eigenvalue weighted by molar-refractivity contribution is -0.0778. The largest absolute Gasteiger partial charge is 0.369 e. The van der Waals surface area contributed by atoms with Crippen LogP contribution in [0.1, 0.15) is 59.1 Å². The van der Waals surface area contributed by atoms with Gasteiger partial charge in [-0.3, -0.25) is 0 Å². The first kappa shape index (κ1) is 17.9. The summed E-state index contributed by atoms with van der Waals surface area (Å²) in [6.45, 7) is 12.1. The van der Waals surface area contributed by atoms with Gasteiger partial charge in [-0.2, -0.15) is 0 Å². The molecule has 1 aromatic heterocycles. The lowest BCUT2D eigenvalue weighted by Gasteiger charge is -2.33. The fourth-order valence-corrected chi connectivity index (χ4v) is 6.39. The van der Waals surface area contributed by atoms with E-state index in [1.807, 2.05) is 0 Å². The third-order valence-electron chi connectivity index (χ3n) is 4.18. The molecule has 1 aliphatic rings. The van der Waals surface area contributed by atoms with Crippen LogP contribution in [-0.4, -0.2) is 17.7 Å². The van der Waals surface area contributed by atoms with Crippen molar-refractivity contribution in [2.24, 2.45) is 5.92 Å². The maximum Gasteiger partial charge on any atom is 0.0758 e. The third kappa shape index (κ3) is 4.11. The summed E-state index contributed by atoms with van der Waals surface area (Å²) in [6.07, 6.45) is 2.21. The molecule has 120 valence electrons. The van der Waals surface area contributed by atoms with E-state index in [1.165, 1.54) is 13.1 Å². The number of halogens is 2. The maximum atomic E-state index is 6.31. The van der Waals surface area contributed by atoms with Crippen LogP contribution in [0.25, 0.3) is 0 Å². The van der Waals surface area contributed by atoms with Gasteiger partial charge in [-0.05, 0) is 90.6 Å². The number of nitrogens with one attached hydrogen (secondary N) is 1. The minimum absolute atomic E-state index is 0.0555. The number of thiophene rings is 1. The van der Waals surface area contributed by atoms with E-state index in [-0.39, 0.29) is 11.2 Å². The molecule has 1 N–H and O–H groups in total. The van der Waals surface area contributed by atoms with Crippen molar-refractivity contribution in [2.45, 2.75) is 64.7 Å². The van der Waals surface area contributed by atoms with Crippen LogP contribution in [0.3, 0.4) is 0 Å². The predicted octanol–water partition coefficient (Wildman–Crippen LogP) is 5.91. The maximum absolute atomic E-state index is 6.31. The van der Waals surface area contributed by atoms with Crippen LogP contribution < -0.4 is 5.32 Å². The highest BCUT2D eigenvalue weighted by molar-refractivity contribution is 9.12. The Kier molecular flexibility index (Phi) is 5.63. The summed E-state index contributed by atoms with van der Waals surface area (Å²) in [7, 11) is 0. The molecular weight excluding hydrogens is 414 g/mol. The average Bonchev–Trinajstić information content (AvgIpc) is 2.76. The molecule has 2 rings (SSSR count). The van der Waals surface area contributed by atoms with Gasteiger partial charge in [0.25, 0.3) is 0 Å². The standard InChI is InChI=1S/C16H25Br2NOS/c1-6-7-19-13(10-8-12(17)21-14(10)18)11-9-15(2,3)20-16(11,4)5/h8,11,13,19H,6-7,9H2,1-5H3. The van der Waals surface area contributed by atoms with Gasteiger partial charge in [-0.15, -0.1) is 11.3 Å². The second-order valence-corrected chi connectivity index (χ2v) is 10.7. The van der Waals surface area contributed by atoms with Gasteiger partial charge in [-0.25, -0.2) is 0 Å². The van der Waals surface area contributed by atoms with Crippen LogP contribution in [-0.2, 0) is 4.74 Å². The smallest absolute Gasteiger partial charge is 0.0758 e. The van der Waals surface area contributed by atoms with Gasteiger partial charge in [0.2, 0.25) is 0 Å². The zero-order chi connectivity index (χ0) is 15.8. The summed E-state index contributed by atoms with van der Waals surface area (Å²) in [6, 6.07) is 2.56. The van der Waals surface area contributed by atoms with Crippen LogP contribution in [0, 0.1) is 5.92 Å². The van der Waals surface area contributed by atoms with Crippen molar-refractivity contribution in [1.82, 2.24) is 5.32 Å². The Labute approximate surface area is 149 Å². The molecular formula is C16H25Br2NOS. The minimum Gasteiger partial charge on any atom is -0.369 e. The SMILES string of the molecule is CCCNC(c1cc(Br)sc1Br)C1CC(C)(C)OC1(C)C. The van der Waals surface area contributed by atoms with Crippen LogP contribution in [0.5, 0.6) is 0 Å². The molecule has 0 amide bonds. The van der Waals surface area contributed by atoms with E-state index in [9.17, 15) is 0 Å². The Balaban J connectivity index is 2.34. The van der Waals surface area contributed by atoms with E-state index < -0.39 is 0 Å². The van der Waals surface area contributed by atoms with Gasteiger partial charge in [0, 0.05) is 12.0 Å². The predicted molar refractivity (Wildman–Crippen MR) is 98.1 cm³/mol. The average molecular weight is 439 g/mol. The van der Waals surface area contributed by atoms with Crippen molar-refractivity contribution < 1.29 is 4.74 Å². The summed E-state index contributed by atoms with van der Waals surface area (Å²) in [5, 5.41) is 3.75. The normalized spacial score (nSPS) is 25.2. The van der Waals surface area contributed by atoms with Gasteiger partial charge < -0.3 is 10.1 Å². The van der Waals surface area contributed by atoms with Gasteiger partial charge in [0.05, 0.1) is 18.8 Å². The molecule has 0 radical (unpaired) electrons. The Bertz CT molecular complexity index is 498. The van der Waals surface area contributed by atoms with E-state index in [4.69, 9.17) is 4.74 Å². The molecule has 0 bridgehead atoms. The molecule has 0 aromatic carbocycles. The highest BCUT2D eigenvalue weighted by atomic mass is 79.9. The van der Waals surface area contributed by atoms with Gasteiger partial charge >= 0.3 is 0 Å². The van der Waals surface area contributed by atoms with E-state index in [0.717, 1.165) is 19.4 Å². The molecule has 1 fully saturated rings. The quantitative estimate of drug-likeness (QED) is 0.616. The molecule has 2 heterocycles. The fourth-order valence-electron chi connectivity index (χ4n) is 3.46. The van der Waals surface area contributed by atoms with Crippen LogP contribution in [0.2, 0.25) is 0 Å². The minimum atomic E-state index is -0.122. The van der Waals surface area contributed by atoms with E-state index in [1.54, 1.807) is 11.3 Å². The molecule has 0 aliphatic carbocycles. The van der Waals surface area contributed by atoms with Gasteiger partial charge in [0.15, 0.2) is 0 Å². The second kappa shape index (κ2) is 6.60. The van der Waals surface area contributed by atoms with Crippen molar-refractivity contribution in [3.05, 3.63) is 19.2 Å². The molecule has 5 heteroatoms. The van der Waals surface area contributed by atoms with Crippen molar-refractivity contribution in [1.29, 1.82) is 0 Å². The topological polar surface area (TPSA) is 21.3 Å². The Morgan fingerprint density at radius 1 is 1.38 bits per heavy atom. The molecule has 21 heavy (non-hydrogen) atoms. The van der Waals surface area contributed by atoms with Gasteiger partial charge in [0.1, 0.15) is 0 Å². The first-order chi connectivity index (χ1) is 9.66. The molecule has 1 aromatic rings. The fraction of sp³-hybridized carbons (Fsp3) is 0.750. The Morgan fingerprint density at radius 2 is 2.05 bits per heavy atom. The zero-order valence-electron chi connectivity index (χ0n) is 13.4. The first-order valence-electron chi connectivity index (χ1n) is 7.54. The van der Waals surface area contributed by atoms with Crippen molar-refractivity contribution in [2.75, 3.05) is 6.54 Å². The lowest BCUT2D eigenvalue weighted by Crippen LogP contribution is -2.38. The molecule has 1 aliphatic heterocycles. The molecule has 2 nitrogen and oxygen atoms in total. The Hall–Kier alpha value is 0.580. The molecule has 1 saturated heterocycles. The summed E-state index contributed by atoms with van der Waals surface area (Å²) < 4.78 is 8.70. The molecule has 0 saturated carbocycles. The van der Waals surface area contributed by atoms with E-state index in [2.05, 4.69) is 77.9 Å². The molecule has 2 unspecified atom stereocenters. The third-order valence-corrected chi connectivity index (χ3v) is 6.56. The summed E-state index contributed by atoms with van der Waals surface area (Å²) in [5.41, 5.74) is 1.17. The number of rotatable bonds is 5. The van der Waals surface area contributed by atoms with Crippen LogP contribution in [0.4, 0.5) is 0 Å². The highest BCUT2D eigenvalue weighted by Crippen LogP contribution is 2.50. The summed E-state index contributed by atoms with van der Waals surface area (Å²) >= 11 is 9.08. The zero-order valence-corrected chi connectivity index (χ0v) is 17.4. The monoisotopic (exact) mass is 437 g/mol. The van der Waals surface area contributed by atoms with Crippen LogP contribution >= 0.6 is 43.2 Å². The van der Waals surface area contributed by atoms with Crippen LogP contribution in [0.15, 0.2) is 13.6 Å². The molecule has 0 spiro atoms. The number of hydrogen-bond acceptors (Lipinski definition) is 3. The van der Waals surface area contributed by atoms with Crippen molar-refractivity contribution in [3.8, 4) is 0 Å². The van der Waals surface area contributed by atoms with Crippen molar-refractivity contribution >= 4 is 43.2 Å². The second-order valence-electron chi connectivity index (χ2n) is 6.99. The highest BCUT2D eigenvalue weighted by Gasteiger charge is 2.49. The summed E-state index contributed by atoms with van der Waals surface area (Å²) in [5.74, 6) is 0.455. The van der Waals surface area contributed by atoms with Gasteiger partial charge in [-0.1, -0.05) is 6.92 Å². The van der Waals surface area contributed by atoms with Crippen molar-refractivity contribution in [3.63, 3.8) is 0 Å². The number of ether oxygens (including phenoxy) is 1. The van der Waals surface area contributed by atoms with E-state index in [0.29, 0.717) is 12.0 Å². The van der Waals surface area contributed by atoms with E-state index >= 15 is 0 Å². The summed E-state index contributed by atoms with van der Waals surface area (Å²) in [4.78, 5) is 0. The Morgan fingerprint density at radius 3 is 2.48 bits per heavy atom. The first-order valence-corrected chi connectivity index (χ1v) is 9.95. The lowest BCUT2D eigenvalue weighted by atomic mass is 9.79.